The number of H-pyrrole nitrogens is 1. The molecule has 0 spiro atoms. The molecule has 1 heterocycles. The van der Waals surface area contributed by atoms with Gasteiger partial charge in [-0.05, 0) is 19.4 Å². The van der Waals surface area contributed by atoms with E-state index in [0.717, 1.165) is 25.7 Å². The van der Waals surface area contributed by atoms with Crippen molar-refractivity contribution in [3.63, 3.8) is 0 Å². The van der Waals surface area contributed by atoms with E-state index in [1.54, 1.807) is 0 Å². The molecule has 0 amide bonds. The summed E-state index contributed by atoms with van der Waals surface area (Å²) in [6.45, 7) is 4.00. The third-order valence-corrected chi connectivity index (χ3v) is 4.50. The number of rotatable bonds is 8. The molecule has 1 atom stereocenters. The zero-order valence-electron chi connectivity index (χ0n) is 11.5. The van der Waals surface area contributed by atoms with E-state index in [1.165, 1.54) is 24.8 Å². The van der Waals surface area contributed by atoms with Gasteiger partial charge >= 0.3 is 0 Å². The summed E-state index contributed by atoms with van der Waals surface area (Å²) in [7, 11) is -3.54. The highest BCUT2D eigenvalue weighted by atomic mass is 32.2. The number of aromatic nitrogens is 1. The summed E-state index contributed by atoms with van der Waals surface area (Å²) in [6.07, 6.45) is 6.53. The smallest absolute Gasteiger partial charge is 0.247 e. The third kappa shape index (κ3) is 5.57. The molecule has 6 heteroatoms. The van der Waals surface area contributed by atoms with Crippen molar-refractivity contribution in [1.82, 2.24) is 9.71 Å². The van der Waals surface area contributed by atoms with E-state index < -0.39 is 10.0 Å². The van der Waals surface area contributed by atoms with E-state index in [1.807, 2.05) is 6.92 Å². The van der Waals surface area contributed by atoms with Crippen LogP contribution in [0.5, 0.6) is 0 Å². The summed E-state index contributed by atoms with van der Waals surface area (Å²) in [4.78, 5) is 13.4. The number of sulfonamides is 1. The first-order valence-corrected chi connectivity index (χ1v) is 8.15. The predicted molar refractivity (Wildman–Crippen MR) is 75.6 cm³/mol. The molecule has 0 bridgehead atoms. The molecule has 0 saturated carbocycles. The SMILES string of the molecule is CCCCCCC(C)NS(=O)(=O)c1ccc(=O)[nH]c1. The van der Waals surface area contributed by atoms with Crippen LogP contribution >= 0.6 is 0 Å². The van der Waals surface area contributed by atoms with Crippen molar-refractivity contribution in [2.24, 2.45) is 0 Å². The summed E-state index contributed by atoms with van der Waals surface area (Å²) in [5.74, 6) is 0. The first kappa shape index (κ1) is 15.9. The van der Waals surface area contributed by atoms with Crippen molar-refractivity contribution in [2.45, 2.75) is 56.9 Å². The summed E-state index contributed by atoms with van der Waals surface area (Å²) in [5.41, 5.74) is -0.313. The lowest BCUT2D eigenvalue weighted by Crippen LogP contribution is -2.32. The molecule has 0 aromatic carbocycles. The molecule has 108 valence electrons. The van der Waals surface area contributed by atoms with Crippen molar-refractivity contribution in [3.8, 4) is 0 Å². The van der Waals surface area contributed by atoms with E-state index >= 15 is 0 Å². The van der Waals surface area contributed by atoms with Crippen molar-refractivity contribution >= 4 is 10.0 Å². The third-order valence-electron chi connectivity index (χ3n) is 2.91. The lowest BCUT2D eigenvalue weighted by Gasteiger charge is -2.13. The minimum absolute atomic E-state index is 0.0903. The highest BCUT2D eigenvalue weighted by Gasteiger charge is 2.16. The average Bonchev–Trinajstić information content (AvgIpc) is 2.34. The zero-order valence-corrected chi connectivity index (χ0v) is 12.3. The standard InChI is InChI=1S/C13H22N2O3S/c1-3-4-5-6-7-11(2)15-19(17,18)12-8-9-13(16)14-10-12/h8-11,15H,3-7H2,1-2H3,(H,14,16). The van der Waals surface area contributed by atoms with Crippen LogP contribution in [0.4, 0.5) is 0 Å². The van der Waals surface area contributed by atoms with E-state index in [2.05, 4.69) is 16.6 Å². The Balaban J connectivity index is 2.54. The monoisotopic (exact) mass is 286 g/mol. The van der Waals surface area contributed by atoms with Crippen LogP contribution in [0, 0.1) is 0 Å². The van der Waals surface area contributed by atoms with Crippen molar-refractivity contribution in [3.05, 3.63) is 28.7 Å². The number of pyridine rings is 1. The summed E-state index contributed by atoms with van der Waals surface area (Å²) in [6, 6.07) is 2.42. The number of hydrogen-bond acceptors (Lipinski definition) is 3. The number of nitrogens with one attached hydrogen (secondary N) is 2. The fourth-order valence-corrected chi connectivity index (χ4v) is 3.08. The van der Waals surface area contributed by atoms with Gasteiger partial charge in [-0.3, -0.25) is 4.79 Å². The molecule has 0 aliphatic heterocycles. The van der Waals surface area contributed by atoms with E-state index in [4.69, 9.17) is 0 Å². The Bertz CT molecular complexity index is 517. The van der Waals surface area contributed by atoms with Crippen LogP contribution in [-0.2, 0) is 10.0 Å². The van der Waals surface area contributed by atoms with Crippen molar-refractivity contribution in [2.75, 3.05) is 0 Å². The molecule has 0 fully saturated rings. The van der Waals surface area contributed by atoms with Gasteiger partial charge in [0.2, 0.25) is 15.6 Å². The molecule has 1 aromatic heterocycles. The molecular weight excluding hydrogens is 264 g/mol. The highest BCUT2D eigenvalue weighted by molar-refractivity contribution is 7.89. The maximum absolute atomic E-state index is 12.0. The number of unbranched alkanes of at least 4 members (excludes halogenated alkanes) is 3. The Morgan fingerprint density at radius 1 is 1.26 bits per heavy atom. The highest BCUT2D eigenvalue weighted by Crippen LogP contribution is 2.09. The second-order valence-electron chi connectivity index (χ2n) is 4.76. The fourth-order valence-electron chi connectivity index (χ4n) is 1.83. The van der Waals surface area contributed by atoms with E-state index in [-0.39, 0.29) is 16.5 Å². The van der Waals surface area contributed by atoms with Gasteiger partial charge in [-0.2, -0.15) is 0 Å². The Morgan fingerprint density at radius 2 is 2.00 bits per heavy atom. The van der Waals surface area contributed by atoms with Crippen LogP contribution in [0.1, 0.15) is 46.0 Å². The van der Waals surface area contributed by atoms with Crippen LogP contribution in [0.2, 0.25) is 0 Å². The molecule has 19 heavy (non-hydrogen) atoms. The van der Waals surface area contributed by atoms with Gasteiger partial charge in [-0.25, -0.2) is 13.1 Å². The summed E-state index contributed by atoms with van der Waals surface area (Å²) < 4.78 is 26.6. The fraction of sp³-hybridized carbons (Fsp3) is 0.615. The maximum atomic E-state index is 12.0. The number of aromatic amines is 1. The Hall–Kier alpha value is -1.14. The van der Waals surface area contributed by atoms with Gasteiger partial charge in [0, 0.05) is 18.3 Å². The van der Waals surface area contributed by atoms with Crippen molar-refractivity contribution in [1.29, 1.82) is 0 Å². The topological polar surface area (TPSA) is 79.0 Å². The van der Waals surface area contributed by atoms with Gasteiger partial charge in [0.25, 0.3) is 0 Å². The van der Waals surface area contributed by atoms with Gasteiger partial charge in [-0.1, -0.05) is 32.6 Å². The Kier molecular flexibility index (Phi) is 6.24. The van der Waals surface area contributed by atoms with E-state index in [0.29, 0.717) is 0 Å². The van der Waals surface area contributed by atoms with Crippen LogP contribution in [-0.4, -0.2) is 19.4 Å². The zero-order chi connectivity index (χ0) is 14.3. The van der Waals surface area contributed by atoms with E-state index in [9.17, 15) is 13.2 Å². The normalized spacial score (nSPS) is 13.4. The van der Waals surface area contributed by atoms with Gasteiger partial charge in [0.05, 0.1) is 4.90 Å². The molecule has 1 unspecified atom stereocenters. The summed E-state index contributed by atoms with van der Waals surface area (Å²) in [5, 5.41) is 0. The maximum Gasteiger partial charge on any atom is 0.247 e. The largest absolute Gasteiger partial charge is 0.328 e. The molecule has 1 rings (SSSR count). The molecule has 2 N–H and O–H groups in total. The first-order chi connectivity index (χ1) is 8.95. The average molecular weight is 286 g/mol. The molecule has 0 radical (unpaired) electrons. The molecule has 5 nitrogen and oxygen atoms in total. The first-order valence-electron chi connectivity index (χ1n) is 6.67. The number of hydrogen-bond donors (Lipinski definition) is 2. The molecule has 0 saturated heterocycles. The van der Waals surface area contributed by atoms with Gasteiger partial charge < -0.3 is 4.98 Å². The van der Waals surface area contributed by atoms with Gasteiger partial charge in [0.15, 0.2) is 0 Å². The lowest BCUT2D eigenvalue weighted by atomic mass is 10.1. The van der Waals surface area contributed by atoms with Crippen LogP contribution in [0.15, 0.2) is 28.0 Å². The predicted octanol–water partition coefficient (Wildman–Crippen LogP) is 2.01. The van der Waals surface area contributed by atoms with Gasteiger partial charge in [0.1, 0.15) is 0 Å². The molecular formula is C13H22N2O3S. The second kappa shape index (κ2) is 7.45. The molecule has 0 aliphatic rings. The second-order valence-corrected chi connectivity index (χ2v) is 6.47. The van der Waals surface area contributed by atoms with Crippen LogP contribution < -0.4 is 10.3 Å². The quantitative estimate of drug-likeness (QED) is 0.717. The van der Waals surface area contributed by atoms with Crippen LogP contribution in [0.25, 0.3) is 0 Å². The van der Waals surface area contributed by atoms with Crippen LogP contribution in [0.3, 0.4) is 0 Å². The molecule has 1 aromatic rings. The molecule has 0 aliphatic carbocycles. The minimum atomic E-state index is -3.54. The van der Waals surface area contributed by atoms with Gasteiger partial charge in [-0.15, -0.1) is 0 Å². The van der Waals surface area contributed by atoms with Crippen molar-refractivity contribution < 1.29 is 8.42 Å². The minimum Gasteiger partial charge on any atom is -0.328 e. The lowest BCUT2D eigenvalue weighted by molar-refractivity contribution is 0.521. The Labute approximate surface area is 114 Å². The summed E-state index contributed by atoms with van der Waals surface area (Å²) >= 11 is 0. The Morgan fingerprint density at radius 3 is 2.58 bits per heavy atom.